The Labute approximate surface area is 135 Å². The molecule has 1 aromatic rings. The minimum Gasteiger partial charge on any atom is -0.310 e. The third kappa shape index (κ3) is 5.90. The number of nitrogens with one attached hydrogen (secondary N) is 1. The molecule has 0 radical (unpaired) electrons. The number of halogens is 2. The van der Waals surface area contributed by atoms with Crippen LogP contribution in [0.25, 0.3) is 0 Å². The minimum absolute atomic E-state index is 0.0678. The summed E-state index contributed by atoms with van der Waals surface area (Å²) in [7, 11) is -2.91. The van der Waals surface area contributed by atoms with Crippen LogP contribution in [0.2, 0.25) is 8.67 Å². The Morgan fingerprint density at radius 3 is 2.55 bits per heavy atom. The van der Waals surface area contributed by atoms with Gasteiger partial charge in [0.05, 0.1) is 14.4 Å². The molecule has 20 heavy (non-hydrogen) atoms. The van der Waals surface area contributed by atoms with Crippen LogP contribution in [-0.2, 0) is 9.84 Å². The van der Waals surface area contributed by atoms with Gasteiger partial charge in [-0.2, -0.15) is 0 Å². The van der Waals surface area contributed by atoms with E-state index in [2.05, 4.69) is 12.2 Å². The molecule has 3 nitrogen and oxygen atoms in total. The fourth-order valence-corrected chi connectivity index (χ4v) is 4.40. The van der Waals surface area contributed by atoms with Gasteiger partial charge in [-0.3, -0.25) is 0 Å². The first-order valence-electron chi connectivity index (χ1n) is 6.78. The van der Waals surface area contributed by atoms with Crippen LogP contribution in [0.4, 0.5) is 0 Å². The molecule has 0 aliphatic heterocycles. The summed E-state index contributed by atoms with van der Waals surface area (Å²) < 4.78 is 24.4. The van der Waals surface area contributed by atoms with E-state index in [4.69, 9.17) is 23.2 Å². The van der Waals surface area contributed by atoms with Crippen LogP contribution in [0.1, 0.15) is 44.7 Å². The second-order valence-corrected chi connectivity index (χ2v) is 9.42. The summed E-state index contributed by atoms with van der Waals surface area (Å²) in [5.41, 5.74) is 0.976. The fourth-order valence-electron chi connectivity index (χ4n) is 1.93. The van der Waals surface area contributed by atoms with E-state index in [1.807, 2.05) is 6.07 Å². The van der Waals surface area contributed by atoms with Gasteiger partial charge in [0.1, 0.15) is 9.84 Å². The zero-order chi connectivity index (χ0) is 15.2. The molecule has 1 heterocycles. The Morgan fingerprint density at radius 2 is 2.05 bits per heavy atom. The number of hydrogen-bond acceptors (Lipinski definition) is 4. The van der Waals surface area contributed by atoms with Crippen LogP contribution in [0, 0.1) is 0 Å². The molecule has 1 rings (SSSR count). The molecule has 1 atom stereocenters. The van der Waals surface area contributed by atoms with Gasteiger partial charge < -0.3 is 5.32 Å². The van der Waals surface area contributed by atoms with Crippen molar-refractivity contribution >= 4 is 44.4 Å². The maximum atomic E-state index is 11.5. The highest BCUT2D eigenvalue weighted by molar-refractivity contribution is 7.91. The molecule has 7 heteroatoms. The molecule has 0 aromatic carbocycles. The molecule has 1 aromatic heterocycles. The summed E-state index contributed by atoms with van der Waals surface area (Å²) in [5.74, 6) is 0.425. The Kier molecular flexibility index (Phi) is 7.83. The molecule has 0 saturated carbocycles. The van der Waals surface area contributed by atoms with Crippen LogP contribution in [0.5, 0.6) is 0 Å². The van der Waals surface area contributed by atoms with E-state index in [9.17, 15) is 8.42 Å². The topological polar surface area (TPSA) is 46.2 Å². The number of hydrogen-bond donors (Lipinski definition) is 1. The lowest BCUT2D eigenvalue weighted by molar-refractivity contribution is 0.493. The van der Waals surface area contributed by atoms with E-state index >= 15 is 0 Å². The Morgan fingerprint density at radius 1 is 1.35 bits per heavy atom. The third-order valence-electron chi connectivity index (χ3n) is 3.09. The average molecular weight is 358 g/mol. The number of rotatable bonds is 9. The highest BCUT2D eigenvalue weighted by Gasteiger charge is 2.18. The largest absolute Gasteiger partial charge is 0.310 e. The first-order chi connectivity index (χ1) is 9.39. The molecule has 0 saturated heterocycles. The highest BCUT2D eigenvalue weighted by atomic mass is 35.5. The van der Waals surface area contributed by atoms with E-state index in [0.29, 0.717) is 15.1 Å². The van der Waals surface area contributed by atoms with E-state index in [0.717, 1.165) is 24.9 Å². The predicted molar refractivity (Wildman–Crippen MR) is 88.9 cm³/mol. The van der Waals surface area contributed by atoms with Crippen molar-refractivity contribution in [3.05, 3.63) is 20.3 Å². The summed E-state index contributed by atoms with van der Waals surface area (Å²) in [6.45, 7) is 4.64. The zero-order valence-electron chi connectivity index (χ0n) is 11.8. The smallest absolute Gasteiger partial charge is 0.150 e. The third-order valence-corrected chi connectivity index (χ3v) is 6.40. The highest BCUT2D eigenvalue weighted by Crippen LogP contribution is 2.36. The maximum Gasteiger partial charge on any atom is 0.150 e. The quantitative estimate of drug-likeness (QED) is 0.715. The lowest BCUT2D eigenvalue weighted by atomic mass is 10.1. The Bertz CT molecular complexity index is 514. The number of thiophene rings is 1. The van der Waals surface area contributed by atoms with Crippen molar-refractivity contribution in [3.8, 4) is 0 Å². The monoisotopic (exact) mass is 357 g/mol. The molecular formula is C13H21Cl2NO2S2. The predicted octanol–water partition coefficient (Wildman–Crippen LogP) is 4.31. The first-order valence-corrected chi connectivity index (χ1v) is 10.2. The summed E-state index contributed by atoms with van der Waals surface area (Å²) in [5, 5.41) is 3.41. The van der Waals surface area contributed by atoms with Crippen molar-refractivity contribution in [1.82, 2.24) is 5.32 Å². The SMILES string of the molecule is CCCNC(CCCS(=O)(=O)CC)c1cc(Cl)sc1Cl. The second-order valence-electron chi connectivity index (χ2n) is 4.66. The maximum absolute atomic E-state index is 11.5. The molecule has 0 spiro atoms. The standard InChI is InChI=1S/C13H21Cl2NO2S2/c1-3-7-16-11(6-5-8-20(17,18)4-2)10-9-12(14)19-13(10)15/h9,11,16H,3-8H2,1-2H3. The van der Waals surface area contributed by atoms with Crippen molar-refractivity contribution in [2.45, 2.75) is 39.2 Å². The summed E-state index contributed by atoms with van der Waals surface area (Å²) >= 11 is 13.5. The summed E-state index contributed by atoms with van der Waals surface area (Å²) in [6, 6.07) is 1.94. The van der Waals surface area contributed by atoms with Crippen molar-refractivity contribution in [3.63, 3.8) is 0 Å². The van der Waals surface area contributed by atoms with E-state index in [1.165, 1.54) is 11.3 Å². The summed E-state index contributed by atoms with van der Waals surface area (Å²) in [4.78, 5) is 0. The molecule has 0 aliphatic carbocycles. The first kappa shape index (κ1) is 18.2. The molecule has 0 bridgehead atoms. The molecule has 116 valence electrons. The van der Waals surface area contributed by atoms with Crippen molar-refractivity contribution < 1.29 is 8.42 Å². The van der Waals surface area contributed by atoms with Crippen LogP contribution < -0.4 is 5.32 Å². The van der Waals surface area contributed by atoms with Gasteiger partial charge in [0.25, 0.3) is 0 Å². The molecule has 0 fully saturated rings. The normalized spacial score (nSPS) is 13.6. The Balaban J connectivity index is 2.68. The van der Waals surface area contributed by atoms with Crippen LogP contribution in [0.15, 0.2) is 6.07 Å². The lowest BCUT2D eigenvalue weighted by Gasteiger charge is -2.18. The van der Waals surface area contributed by atoms with Gasteiger partial charge in [-0.1, -0.05) is 37.0 Å². The van der Waals surface area contributed by atoms with Gasteiger partial charge in [0.2, 0.25) is 0 Å². The van der Waals surface area contributed by atoms with Crippen LogP contribution in [0.3, 0.4) is 0 Å². The fraction of sp³-hybridized carbons (Fsp3) is 0.692. The van der Waals surface area contributed by atoms with Crippen molar-refractivity contribution in [1.29, 1.82) is 0 Å². The molecule has 0 aliphatic rings. The molecule has 0 amide bonds. The van der Waals surface area contributed by atoms with Crippen molar-refractivity contribution in [2.75, 3.05) is 18.1 Å². The van der Waals surface area contributed by atoms with E-state index in [1.54, 1.807) is 6.92 Å². The minimum atomic E-state index is -2.91. The molecule has 1 unspecified atom stereocenters. The molecule has 1 N–H and O–H groups in total. The average Bonchev–Trinajstić information content (AvgIpc) is 2.72. The van der Waals surface area contributed by atoms with Gasteiger partial charge in [-0.05, 0) is 31.9 Å². The van der Waals surface area contributed by atoms with Gasteiger partial charge in [0.15, 0.2) is 0 Å². The lowest BCUT2D eigenvalue weighted by Crippen LogP contribution is -2.23. The van der Waals surface area contributed by atoms with Gasteiger partial charge in [-0.25, -0.2) is 8.42 Å². The van der Waals surface area contributed by atoms with E-state index < -0.39 is 9.84 Å². The van der Waals surface area contributed by atoms with Gasteiger partial charge >= 0.3 is 0 Å². The zero-order valence-corrected chi connectivity index (χ0v) is 14.9. The van der Waals surface area contributed by atoms with Gasteiger partial charge in [-0.15, -0.1) is 11.3 Å². The van der Waals surface area contributed by atoms with Gasteiger partial charge in [0, 0.05) is 17.4 Å². The van der Waals surface area contributed by atoms with Crippen LogP contribution >= 0.6 is 34.5 Å². The van der Waals surface area contributed by atoms with Crippen molar-refractivity contribution in [2.24, 2.45) is 0 Å². The Hall–Kier alpha value is 0.190. The number of sulfone groups is 1. The van der Waals surface area contributed by atoms with E-state index in [-0.39, 0.29) is 17.5 Å². The second kappa shape index (κ2) is 8.59. The molecular weight excluding hydrogens is 337 g/mol. The summed E-state index contributed by atoms with van der Waals surface area (Å²) in [6.07, 6.45) is 2.38. The van der Waals surface area contributed by atoms with Crippen LogP contribution in [-0.4, -0.2) is 26.5 Å².